The molecule has 16 heteroatoms. The number of carbonyl (C=O) groups excluding carboxylic acids is 3. The molecule has 0 unspecified atom stereocenters. The van der Waals surface area contributed by atoms with Crippen molar-refractivity contribution in [2.75, 3.05) is 56.2 Å². The number of benzene rings is 1. The highest BCUT2D eigenvalue weighted by molar-refractivity contribution is 7.89. The Morgan fingerprint density at radius 1 is 1.13 bits per heavy atom. The number of anilines is 2. The summed E-state index contributed by atoms with van der Waals surface area (Å²) in [5, 5.41) is 15.1. The smallest absolute Gasteiger partial charge is 0.341 e. The van der Waals surface area contributed by atoms with Gasteiger partial charge in [0.05, 0.1) is 41.1 Å². The minimum absolute atomic E-state index is 0.160. The van der Waals surface area contributed by atoms with Crippen LogP contribution in [0, 0.1) is 16.0 Å². The molecule has 1 aromatic carbocycles. The van der Waals surface area contributed by atoms with Crippen molar-refractivity contribution in [1.82, 2.24) is 4.31 Å². The van der Waals surface area contributed by atoms with Gasteiger partial charge in [0.1, 0.15) is 10.7 Å². The molecule has 0 radical (unpaired) electrons. The first kappa shape index (κ1) is 33.8. The first-order valence-electron chi connectivity index (χ1n) is 15.5. The van der Waals surface area contributed by atoms with Crippen molar-refractivity contribution in [3.8, 4) is 0 Å². The Morgan fingerprint density at radius 2 is 1.83 bits per heavy atom. The second-order valence-corrected chi connectivity index (χ2v) is 14.4. The van der Waals surface area contributed by atoms with Gasteiger partial charge in [-0.15, -0.1) is 11.3 Å². The normalized spacial score (nSPS) is 18.3. The highest BCUT2D eigenvalue weighted by atomic mass is 32.2. The molecule has 0 spiro atoms. The number of nitro benzene ring substituents is 1. The standard InChI is InChI=1S/C30H38N4O10S2/c1-3-43-30(37)26-22-6-4-5-7-25(22)45-28(26)31-27(35)19(2)44-29(36)20-10-12-32(13-11-20)23-9-8-21(18-24(23)34(38)39)46(40,41)33-14-16-42-17-15-33/h8-9,18-20H,3-7,10-17H2,1-2H3,(H,31,35)/t19-/m1/s1. The van der Waals surface area contributed by atoms with E-state index in [0.29, 0.717) is 36.5 Å². The predicted octanol–water partition coefficient (Wildman–Crippen LogP) is 3.52. The van der Waals surface area contributed by atoms with Crippen molar-refractivity contribution in [2.24, 2.45) is 5.92 Å². The lowest BCUT2D eigenvalue weighted by Gasteiger charge is -2.32. The minimum Gasteiger partial charge on any atom is -0.462 e. The topological polar surface area (TPSA) is 175 Å². The van der Waals surface area contributed by atoms with Gasteiger partial charge in [0, 0.05) is 37.1 Å². The molecule has 2 aliphatic heterocycles. The molecule has 250 valence electrons. The van der Waals surface area contributed by atoms with Gasteiger partial charge < -0.3 is 24.4 Å². The van der Waals surface area contributed by atoms with Crippen molar-refractivity contribution >= 4 is 55.6 Å². The average molecular weight is 679 g/mol. The van der Waals surface area contributed by atoms with E-state index >= 15 is 0 Å². The Morgan fingerprint density at radius 3 is 2.50 bits per heavy atom. The van der Waals surface area contributed by atoms with Crippen LogP contribution in [0.2, 0.25) is 0 Å². The van der Waals surface area contributed by atoms with E-state index in [9.17, 15) is 32.9 Å². The summed E-state index contributed by atoms with van der Waals surface area (Å²) in [5.41, 5.74) is 1.22. The van der Waals surface area contributed by atoms with Crippen LogP contribution in [0.1, 0.15) is 60.3 Å². The van der Waals surface area contributed by atoms with E-state index in [0.717, 1.165) is 42.2 Å². The maximum atomic E-state index is 13.1. The van der Waals surface area contributed by atoms with E-state index in [1.165, 1.54) is 34.7 Å². The number of nitrogens with zero attached hydrogens (tertiary/aromatic N) is 3. The van der Waals surface area contributed by atoms with Gasteiger partial charge in [-0.25, -0.2) is 13.2 Å². The monoisotopic (exact) mass is 678 g/mol. The average Bonchev–Trinajstić information content (AvgIpc) is 3.42. The van der Waals surface area contributed by atoms with Crippen molar-refractivity contribution in [3.05, 3.63) is 44.3 Å². The maximum absolute atomic E-state index is 13.1. The van der Waals surface area contributed by atoms with Gasteiger partial charge in [0.2, 0.25) is 10.0 Å². The number of sulfonamides is 1. The second-order valence-electron chi connectivity index (χ2n) is 11.4. The van der Waals surface area contributed by atoms with Gasteiger partial charge in [-0.1, -0.05) is 0 Å². The van der Waals surface area contributed by atoms with Crippen LogP contribution >= 0.6 is 11.3 Å². The van der Waals surface area contributed by atoms with Crippen LogP contribution in [0.15, 0.2) is 23.1 Å². The fourth-order valence-corrected chi connectivity index (χ4v) is 8.69. The molecule has 2 saturated heterocycles. The number of aryl methyl sites for hydroxylation is 1. The molecule has 1 aromatic heterocycles. The number of morpholine rings is 1. The minimum atomic E-state index is -3.92. The van der Waals surface area contributed by atoms with Crippen LogP contribution in [-0.4, -0.2) is 87.6 Å². The Kier molecular flexibility index (Phi) is 10.6. The molecule has 1 N–H and O–H groups in total. The Balaban J connectivity index is 1.20. The third-order valence-electron chi connectivity index (χ3n) is 8.47. The van der Waals surface area contributed by atoms with Gasteiger partial charge in [0.15, 0.2) is 6.10 Å². The molecule has 2 aromatic rings. The van der Waals surface area contributed by atoms with E-state index in [4.69, 9.17) is 14.2 Å². The Hall–Kier alpha value is -3.60. The lowest BCUT2D eigenvalue weighted by Crippen LogP contribution is -2.40. The van der Waals surface area contributed by atoms with E-state index < -0.39 is 44.8 Å². The first-order chi connectivity index (χ1) is 22.0. The van der Waals surface area contributed by atoms with Crippen molar-refractivity contribution in [1.29, 1.82) is 0 Å². The molecule has 3 aliphatic rings. The summed E-state index contributed by atoms with van der Waals surface area (Å²) < 4.78 is 43.3. The molecule has 3 heterocycles. The van der Waals surface area contributed by atoms with E-state index in [1.54, 1.807) is 11.8 Å². The van der Waals surface area contributed by atoms with E-state index in [2.05, 4.69) is 5.32 Å². The summed E-state index contributed by atoms with van der Waals surface area (Å²) in [6.45, 7) is 4.84. The van der Waals surface area contributed by atoms with Gasteiger partial charge in [0.25, 0.3) is 11.6 Å². The molecule has 0 saturated carbocycles. The molecule has 1 amide bonds. The van der Waals surface area contributed by atoms with Crippen LogP contribution in [0.5, 0.6) is 0 Å². The molecular weight excluding hydrogens is 640 g/mol. The molecule has 0 bridgehead atoms. The summed E-state index contributed by atoms with van der Waals surface area (Å²) in [6.07, 6.45) is 3.04. The van der Waals surface area contributed by atoms with Crippen molar-refractivity contribution in [2.45, 2.75) is 63.4 Å². The number of hydrogen-bond acceptors (Lipinski definition) is 12. The molecule has 14 nitrogen and oxygen atoms in total. The fraction of sp³-hybridized carbons (Fsp3) is 0.567. The largest absolute Gasteiger partial charge is 0.462 e. The zero-order valence-corrected chi connectivity index (χ0v) is 27.5. The zero-order valence-electron chi connectivity index (χ0n) is 25.8. The number of hydrogen-bond donors (Lipinski definition) is 1. The molecule has 2 fully saturated rings. The number of nitro groups is 1. The summed E-state index contributed by atoms with van der Waals surface area (Å²) >= 11 is 1.35. The molecule has 1 aliphatic carbocycles. The summed E-state index contributed by atoms with van der Waals surface area (Å²) in [4.78, 5) is 52.8. The Bertz CT molecular complexity index is 1590. The molecular formula is C30H38N4O10S2. The molecule has 1 atom stereocenters. The summed E-state index contributed by atoms with van der Waals surface area (Å²) in [5.74, 6) is -2.13. The Labute approximate surface area is 271 Å². The highest BCUT2D eigenvalue weighted by Gasteiger charge is 2.34. The van der Waals surface area contributed by atoms with Crippen LogP contribution in [-0.2, 0) is 46.7 Å². The third kappa shape index (κ3) is 7.19. The number of fused-ring (bicyclic) bond motifs is 1. The SMILES string of the molecule is CCOC(=O)c1c(NC(=O)[C@@H](C)OC(=O)C2CCN(c3ccc(S(=O)(=O)N4CCOCC4)cc3[N+](=O)[O-])CC2)sc2c1CCCC2. The van der Waals surface area contributed by atoms with Crippen LogP contribution in [0.25, 0.3) is 0 Å². The van der Waals surface area contributed by atoms with Crippen LogP contribution < -0.4 is 10.2 Å². The van der Waals surface area contributed by atoms with Crippen molar-refractivity contribution in [3.63, 3.8) is 0 Å². The fourth-order valence-electron chi connectivity index (χ4n) is 5.98. The number of ether oxygens (including phenoxy) is 3. The number of esters is 2. The first-order valence-corrected chi connectivity index (χ1v) is 17.7. The second kappa shape index (κ2) is 14.4. The quantitative estimate of drug-likeness (QED) is 0.221. The third-order valence-corrected chi connectivity index (χ3v) is 11.6. The lowest BCUT2D eigenvalue weighted by atomic mass is 9.95. The zero-order chi connectivity index (χ0) is 33.0. The van der Waals surface area contributed by atoms with Gasteiger partial charge in [-0.3, -0.25) is 19.7 Å². The number of nitrogens with one attached hydrogen (secondary N) is 1. The predicted molar refractivity (Wildman–Crippen MR) is 169 cm³/mol. The van der Waals surface area contributed by atoms with E-state index in [-0.39, 0.29) is 49.2 Å². The number of rotatable bonds is 10. The summed E-state index contributed by atoms with van der Waals surface area (Å²) in [7, 11) is -3.92. The maximum Gasteiger partial charge on any atom is 0.341 e. The molecule has 46 heavy (non-hydrogen) atoms. The highest BCUT2D eigenvalue weighted by Crippen LogP contribution is 2.39. The molecule has 5 rings (SSSR count). The van der Waals surface area contributed by atoms with Crippen LogP contribution in [0.3, 0.4) is 0 Å². The number of piperidine rings is 1. The van der Waals surface area contributed by atoms with Crippen molar-refractivity contribution < 1.29 is 41.9 Å². The number of carbonyl (C=O) groups is 3. The number of amides is 1. The van der Waals surface area contributed by atoms with Crippen LogP contribution in [0.4, 0.5) is 16.4 Å². The number of thiophene rings is 1. The van der Waals surface area contributed by atoms with E-state index in [1.807, 2.05) is 0 Å². The van der Waals surface area contributed by atoms with Gasteiger partial charge in [-0.2, -0.15) is 4.31 Å². The van der Waals surface area contributed by atoms with Gasteiger partial charge >= 0.3 is 11.9 Å². The lowest BCUT2D eigenvalue weighted by molar-refractivity contribution is -0.384. The van der Waals surface area contributed by atoms with Gasteiger partial charge in [-0.05, 0) is 70.1 Å². The summed E-state index contributed by atoms with van der Waals surface area (Å²) in [6, 6.07) is 3.88.